The number of rotatable bonds is 4. The molecule has 1 fully saturated rings. The summed E-state index contributed by atoms with van der Waals surface area (Å²) >= 11 is 0. The number of fused-ring (bicyclic) bond motifs is 1. The number of aryl methyl sites for hydroxylation is 3. The Morgan fingerprint density at radius 2 is 1.58 bits per heavy atom. The molecule has 1 saturated heterocycles. The molecule has 0 saturated carbocycles. The molecule has 1 atom stereocenters. The smallest absolute Gasteiger partial charge is 0.378 e. The fraction of sp³-hybridized carbons (Fsp3) is 0.406. The molecule has 0 aliphatic carbocycles. The molecular formula is C32H39F5N6O2. The summed E-state index contributed by atoms with van der Waals surface area (Å²) < 4.78 is 70.1. The molecule has 0 unspecified atom stereocenters. The van der Waals surface area contributed by atoms with Crippen LogP contribution in [0.3, 0.4) is 0 Å². The third-order valence-corrected chi connectivity index (χ3v) is 7.36. The standard InChI is InChI=1S/C20H17F5N2O.C10H16N4O.C2H6/c1-10-6-13(18-14(7-10)19(28)27(3)9-16(18)22)11(2)26-17-5-4-12(21)8-15(17)20(23,24)25;1-12-3-5-14(6-4-12)9-7-10(15)13(2)11-8-9;1-2/h4-9,11,26H,1-3H3;7-8H,3-6H2,1-2H3;1-2H3/t11-;;/m1../s1. The van der Waals surface area contributed by atoms with Crippen LogP contribution in [0.4, 0.5) is 33.3 Å². The minimum absolute atomic E-state index is 0.0457. The minimum Gasteiger partial charge on any atom is -0.378 e. The normalized spacial score (nSPS) is 14.3. The number of anilines is 2. The van der Waals surface area contributed by atoms with Crippen molar-refractivity contribution < 1.29 is 22.0 Å². The predicted molar refractivity (Wildman–Crippen MR) is 168 cm³/mol. The van der Waals surface area contributed by atoms with Gasteiger partial charge in [-0.15, -0.1) is 0 Å². The second kappa shape index (κ2) is 14.7. The van der Waals surface area contributed by atoms with Gasteiger partial charge in [0, 0.05) is 69.7 Å². The minimum atomic E-state index is -4.76. The quantitative estimate of drug-likeness (QED) is 0.283. The lowest BCUT2D eigenvalue weighted by Gasteiger charge is -2.33. The fourth-order valence-corrected chi connectivity index (χ4v) is 4.96. The van der Waals surface area contributed by atoms with Gasteiger partial charge in [-0.3, -0.25) is 9.59 Å². The molecule has 0 amide bonds. The van der Waals surface area contributed by atoms with Crippen LogP contribution in [0.5, 0.6) is 0 Å². The summed E-state index contributed by atoms with van der Waals surface area (Å²) in [5, 5.41) is 6.89. The van der Waals surface area contributed by atoms with Crippen LogP contribution in [0, 0.1) is 18.6 Å². The highest BCUT2D eigenvalue weighted by molar-refractivity contribution is 5.87. The summed E-state index contributed by atoms with van der Waals surface area (Å²) in [4.78, 5) is 28.3. The Kier molecular flexibility index (Phi) is 11.5. The maximum atomic E-state index is 14.6. The van der Waals surface area contributed by atoms with E-state index in [4.69, 9.17) is 0 Å². The zero-order valence-electron chi connectivity index (χ0n) is 26.5. The molecular weight excluding hydrogens is 595 g/mol. The lowest BCUT2D eigenvalue weighted by Crippen LogP contribution is -2.45. The number of halogens is 5. The van der Waals surface area contributed by atoms with Gasteiger partial charge < -0.3 is 19.7 Å². The number of piperazine rings is 1. The van der Waals surface area contributed by atoms with Crippen molar-refractivity contribution in [3.05, 3.63) is 97.8 Å². The largest absolute Gasteiger partial charge is 0.418 e. The average Bonchev–Trinajstić information content (AvgIpc) is 2.99. The molecule has 8 nitrogen and oxygen atoms in total. The number of likely N-dealkylation sites (N-methyl/N-ethyl adjacent to an activating group) is 1. The van der Waals surface area contributed by atoms with E-state index in [0.717, 1.165) is 54.8 Å². The van der Waals surface area contributed by atoms with Gasteiger partial charge in [0.2, 0.25) is 0 Å². The number of nitrogens with zero attached hydrogens (tertiary/aromatic N) is 5. The van der Waals surface area contributed by atoms with Crippen molar-refractivity contribution in [2.45, 2.75) is 39.9 Å². The topological polar surface area (TPSA) is 75.4 Å². The van der Waals surface area contributed by atoms with Gasteiger partial charge in [-0.25, -0.2) is 13.5 Å². The number of nitrogens with one attached hydrogen (secondary N) is 1. The Morgan fingerprint density at radius 1 is 0.933 bits per heavy atom. The third-order valence-electron chi connectivity index (χ3n) is 7.36. The van der Waals surface area contributed by atoms with Crippen molar-refractivity contribution in [2.24, 2.45) is 14.1 Å². The van der Waals surface area contributed by atoms with E-state index in [0.29, 0.717) is 17.2 Å². The summed E-state index contributed by atoms with van der Waals surface area (Å²) in [5.41, 5.74) is -0.0198. The zero-order valence-corrected chi connectivity index (χ0v) is 26.5. The SMILES string of the molecule is CC.CN1CCN(c2cnn(C)c(=O)c2)CC1.Cc1cc([C@@H](C)Nc2ccc(F)cc2C(F)(F)F)c2c(F)cn(C)c(=O)c2c1. The van der Waals surface area contributed by atoms with Crippen molar-refractivity contribution in [2.75, 3.05) is 43.4 Å². The molecule has 1 aliphatic rings. The maximum absolute atomic E-state index is 14.6. The van der Waals surface area contributed by atoms with E-state index in [9.17, 15) is 31.5 Å². The van der Waals surface area contributed by atoms with Gasteiger partial charge in [0.15, 0.2) is 0 Å². The first-order valence-corrected chi connectivity index (χ1v) is 14.5. The highest BCUT2D eigenvalue weighted by Gasteiger charge is 2.34. The first-order chi connectivity index (χ1) is 21.1. The monoisotopic (exact) mass is 634 g/mol. The van der Waals surface area contributed by atoms with Crippen LogP contribution < -0.4 is 21.3 Å². The third kappa shape index (κ3) is 8.47. The zero-order chi connectivity index (χ0) is 33.6. The van der Waals surface area contributed by atoms with E-state index < -0.39 is 35.0 Å². The summed E-state index contributed by atoms with van der Waals surface area (Å²) in [5.74, 6) is -1.67. The molecule has 1 N–H and O–H groups in total. The molecule has 0 bridgehead atoms. The van der Waals surface area contributed by atoms with Crippen molar-refractivity contribution >= 4 is 22.1 Å². The average molecular weight is 635 g/mol. The van der Waals surface area contributed by atoms with Crippen LogP contribution >= 0.6 is 0 Å². The first-order valence-electron chi connectivity index (χ1n) is 14.5. The Labute approximate surface area is 258 Å². The number of pyridine rings is 1. The van der Waals surface area contributed by atoms with Crippen LogP contribution in [-0.2, 0) is 20.3 Å². The molecule has 13 heteroatoms. The molecule has 0 radical (unpaired) electrons. The summed E-state index contributed by atoms with van der Waals surface area (Å²) in [6.45, 7) is 11.3. The van der Waals surface area contributed by atoms with E-state index >= 15 is 0 Å². The van der Waals surface area contributed by atoms with Crippen LogP contribution in [0.25, 0.3) is 10.8 Å². The molecule has 45 heavy (non-hydrogen) atoms. The number of aromatic nitrogens is 3. The van der Waals surface area contributed by atoms with Crippen molar-refractivity contribution in [3.63, 3.8) is 0 Å². The lowest BCUT2D eigenvalue weighted by atomic mass is 9.97. The number of alkyl halides is 3. The maximum Gasteiger partial charge on any atom is 0.418 e. The van der Waals surface area contributed by atoms with Crippen molar-refractivity contribution in [1.82, 2.24) is 19.2 Å². The van der Waals surface area contributed by atoms with Gasteiger partial charge >= 0.3 is 6.18 Å². The van der Waals surface area contributed by atoms with Crippen LogP contribution in [-0.4, -0.2) is 52.5 Å². The van der Waals surface area contributed by atoms with Crippen molar-refractivity contribution in [3.8, 4) is 0 Å². The highest BCUT2D eigenvalue weighted by Crippen LogP contribution is 2.37. The van der Waals surface area contributed by atoms with E-state index in [2.05, 4.69) is 27.3 Å². The fourth-order valence-electron chi connectivity index (χ4n) is 4.96. The predicted octanol–water partition coefficient (Wildman–Crippen LogP) is 5.88. The molecule has 2 aromatic carbocycles. The molecule has 244 valence electrons. The van der Waals surface area contributed by atoms with Crippen LogP contribution in [0.1, 0.15) is 43.5 Å². The van der Waals surface area contributed by atoms with Gasteiger partial charge in [0.05, 0.1) is 22.8 Å². The van der Waals surface area contributed by atoms with Gasteiger partial charge in [0.25, 0.3) is 11.1 Å². The van der Waals surface area contributed by atoms with Gasteiger partial charge in [0.1, 0.15) is 11.6 Å². The summed E-state index contributed by atoms with van der Waals surface area (Å²) in [6.07, 6.45) is -1.97. The molecule has 4 aromatic rings. The van der Waals surface area contributed by atoms with Crippen LogP contribution in [0.15, 0.2) is 58.4 Å². The summed E-state index contributed by atoms with van der Waals surface area (Å²) in [7, 11) is 5.19. The Morgan fingerprint density at radius 3 is 2.18 bits per heavy atom. The number of benzene rings is 2. The molecule has 3 heterocycles. The van der Waals surface area contributed by atoms with Gasteiger partial charge in [-0.1, -0.05) is 19.9 Å². The van der Waals surface area contributed by atoms with E-state index in [1.807, 2.05) is 13.8 Å². The second-order valence-electron chi connectivity index (χ2n) is 10.7. The van der Waals surface area contributed by atoms with Gasteiger partial charge in [-0.2, -0.15) is 18.3 Å². The Balaban J connectivity index is 0.000000273. The van der Waals surface area contributed by atoms with E-state index in [1.54, 1.807) is 39.2 Å². The second-order valence-corrected chi connectivity index (χ2v) is 10.7. The number of hydrogen-bond donors (Lipinski definition) is 1. The summed E-state index contributed by atoms with van der Waals surface area (Å²) in [6, 6.07) is 6.32. The Bertz CT molecular complexity index is 1740. The number of hydrogen-bond acceptors (Lipinski definition) is 6. The Hall–Kier alpha value is -4.26. The first kappa shape index (κ1) is 35.2. The van der Waals surface area contributed by atoms with Gasteiger partial charge in [-0.05, 0) is 56.3 Å². The van der Waals surface area contributed by atoms with Crippen LogP contribution in [0.2, 0.25) is 0 Å². The van der Waals surface area contributed by atoms with Crippen molar-refractivity contribution in [1.29, 1.82) is 0 Å². The molecule has 2 aromatic heterocycles. The van der Waals surface area contributed by atoms with E-state index in [-0.39, 0.29) is 22.0 Å². The molecule has 0 spiro atoms. The van der Waals surface area contributed by atoms with E-state index in [1.165, 1.54) is 17.8 Å². The molecule has 1 aliphatic heterocycles. The molecule has 5 rings (SSSR count). The lowest BCUT2D eigenvalue weighted by molar-refractivity contribution is -0.137. The highest BCUT2D eigenvalue weighted by atomic mass is 19.4.